The third-order valence-electron chi connectivity index (χ3n) is 2.41. The summed E-state index contributed by atoms with van der Waals surface area (Å²) in [4.78, 5) is 19.1. The Morgan fingerprint density at radius 1 is 1.53 bits per heavy atom. The number of aliphatic carboxylic acids is 1. The molecule has 0 spiro atoms. The van der Waals surface area contributed by atoms with Crippen molar-refractivity contribution < 1.29 is 9.90 Å². The van der Waals surface area contributed by atoms with Crippen LogP contribution < -0.4 is 0 Å². The van der Waals surface area contributed by atoms with Crippen LogP contribution in [-0.4, -0.2) is 41.1 Å². The molecule has 0 aliphatic rings. The van der Waals surface area contributed by atoms with Crippen molar-refractivity contribution >= 4 is 17.7 Å². The minimum Gasteiger partial charge on any atom is -0.481 e. The van der Waals surface area contributed by atoms with Crippen LogP contribution in [-0.2, 0) is 24.8 Å². The molecule has 0 radical (unpaired) electrons. The van der Waals surface area contributed by atoms with Crippen LogP contribution in [0, 0.1) is 6.92 Å². The van der Waals surface area contributed by atoms with Gasteiger partial charge in [-0.3, -0.25) is 9.48 Å². The molecular formula is C11H15N5O2S. The molecule has 8 heteroatoms. The highest BCUT2D eigenvalue weighted by atomic mass is 32.2. The van der Waals surface area contributed by atoms with Gasteiger partial charge >= 0.3 is 5.97 Å². The molecule has 0 aliphatic heterocycles. The van der Waals surface area contributed by atoms with Gasteiger partial charge in [-0.2, -0.15) is 5.10 Å². The fourth-order valence-electron chi connectivity index (χ4n) is 1.65. The highest BCUT2D eigenvalue weighted by Crippen LogP contribution is 2.17. The van der Waals surface area contributed by atoms with Crippen LogP contribution in [0.15, 0.2) is 17.7 Å². The number of hydrogen-bond donors (Lipinski definition) is 1. The summed E-state index contributed by atoms with van der Waals surface area (Å²) in [5.74, 6) is -0.0650. The lowest BCUT2D eigenvalue weighted by atomic mass is 10.4. The molecule has 0 saturated heterocycles. The van der Waals surface area contributed by atoms with Crippen molar-refractivity contribution in [3.05, 3.63) is 24.0 Å². The minimum absolute atomic E-state index is 0.0122. The van der Waals surface area contributed by atoms with Crippen molar-refractivity contribution in [2.75, 3.05) is 5.75 Å². The van der Waals surface area contributed by atoms with E-state index in [2.05, 4.69) is 15.1 Å². The molecule has 19 heavy (non-hydrogen) atoms. The molecule has 0 unspecified atom stereocenters. The van der Waals surface area contributed by atoms with E-state index in [1.165, 1.54) is 11.8 Å². The molecule has 0 amide bonds. The fourth-order valence-corrected chi connectivity index (χ4v) is 2.42. The first-order valence-corrected chi connectivity index (χ1v) is 6.76. The predicted octanol–water partition coefficient (Wildman–Crippen LogP) is 0.739. The quantitative estimate of drug-likeness (QED) is 0.786. The van der Waals surface area contributed by atoms with Crippen molar-refractivity contribution in [2.24, 2.45) is 7.05 Å². The molecule has 102 valence electrons. The monoisotopic (exact) mass is 281 g/mol. The molecule has 0 fully saturated rings. The number of thioether (sulfide) groups is 1. The lowest BCUT2D eigenvalue weighted by molar-refractivity contribution is -0.133. The lowest BCUT2D eigenvalue weighted by Crippen LogP contribution is -2.05. The number of imidazole rings is 1. The zero-order valence-corrected chi connectivity index (χ0v) is 11.6. The zero-order valence-electron chi connectivity index (χ0n) is 10.8. The molecule has 2 heterocycles. The molecule has 0 atom stereocenters. The van der Waals surface area contributed by atoms with E-state index in [1.54, 1.807) is 11.0 Å². The lowest BCUT2D eigenvalue weighted by Gasteiger charge is -2.04. The average Bonchev–Trinajstić information content (AvgIpc) is 2.90. The van der Waals surface area contributed by atoms with E-state index in [1.807, 2.05) is 24.7 Å². The summed E-state index contributed by atoms with van der Waals surface area (Å²) in [6.45, 7) is 2.58. The van der Waals surface area contributed by atoms with Gasteiger partial charge in [-0.15, -0.1) is 0 Å². The van der Waals surface area contributed by atoms with Crippen LogP contribution in [0.3, 0.4) is 0 Å². The fraction of sp³-hybridized carbons (Fsp3) is 0.455. The summed E-state index contributed by atoms with van der Waals surface area (Å²) in [7, 11) is 1.83. The van der Waals surface area contributed by atoms with Crippen LogP contribution in [0.1, 0.15) is 11.5 Å². The van der Waals surface area contributed by atoms with Crippen LogP contribution in [0.2, 0.25) is 0 Å². The van der Waals surface area contributed by atoms with Crippen LogP contribution >= 0.6 is 11.8 Å². The summed E-state index contributed by atoms with van der Waals surface area (Å²) >= 11 is 1.22. The smallest absolute Gasteiger partial charge is 0.313 e. The number of hydrogen-bond acceptors (Lipinski definition) is 5. The molecule has 2 rings (SSSR count). The van der Waals surface area contributed by atoms with E-state index >= 15 is 0 Å². The summed E-state index contributed by atoms with van der Waals surface area (Å²) in [5.41, 5.74) is 0.877. The number of nitrogens with zero attached hydrogens (tertiary/aromatic N) is 5. The maximum atomic E-state index is 10.6. The van der Waals surface area contributed by atoms with Crippen LogP contribution in [0.4, 0.5) is 0 Å². The van der Waals surface area contributed by atoms with E-state index in [-0.39, 0.29) is 5.75 Å². The Morgan fingerprint density at radius 3 is 2.95 bits per heavy atom. The molecule has 2 aromatic heterocycles. The van der Waals surface area contributed by atoms with Crippen molar-refractivity contribution in [2.45, 2.75) is 25.0 Å². The van der Waals surface area contributed by atoms with Crippen molar-refractivity contribution in [3.8, 4) is 0 Å². The van der Waals surface area contributed by atoms with Crippen LogP contribution in [0.25, 0.3) is 0 Å². The summed E-state index contributed by atoms with van der Waals surface area (Å²) in [5, 5.41) is 13.6. The maximum absolute atomic E-state index is 10.6. The highest BCUT2D eigenvalue weighted by molar-refractivity contribution is 7.99. The second kappa shape index (κ2) is 5.87. The van der Waals surface area contributed by atoms with E-state index in [0.717, 1.165) is 16.7 Å². The number of carboxylic acids is 1. The van der Waals surface area contributed by atoms with Gasteiger partial charge in [0.05, 0.1) is 11.4 Å². The first-order chi connectivity index (χ1) is 9.04. The van der Waals surface area contributed by atoms with E-state index < -0.39 is 5.97 Å². The standard InChI is InChI=1S/C11H15N5O2S/c1-8-5-16(11(13-8)19-6-10(17)18)4-3-9-12-7-15(2)14-9/h5,7H,3-4,6H2,1-2H3,(H,17,18). The Kier molecular flexibility index (Phi) is 4.20. The van der Waals surface area contributed by atoms with E-state index in [4.69, 9.17) is 5.11 Å². The molecule has 7 nitrogen and oxygen atoms in total. The number of rotatable bonds is 6. The Bertz CT molecular complexity index is 577. The van der Waals surface area contributed by atoms with E-state index in [0.29, 0.717) is 13.0 Å². The Labute approximate surface area is 114 Å². The minimum atomic E-state index is -0.844. The number of carboxylic acid groups (broad SMARTS) is 1. The molecule has 0 saturated carbocycles. The normalized spacial score (nSPS) is 10.8. The van der Waals surface area contributed by atoms with Gasteiger partial charge < -0.3 is 9.67 Å². The van der Waals surface area contributed by atoms with Gasteiger partial charge in [0.25, 0.3) is 0 Å². The Hall–Kier alpha value is -1.83. The van der Waals surface area contributed by atoms with Gasteiger partial charge in [-0.05, 0) is 6.92 Å². The van der Waals surface area contributed by atoms with Gasteiger partial charge in [0.2, 0.25) is 0 Å². The summed E-state index contributed by atoms with van der Waals surface area (Å²) in [6, 6.07) is 0. The number of aryl methyl sites for hydroxylation is 4. The second-order valence-electron chi connectivity index (χ2n) is 4.13. The molecular weight excluding hydrogens is 266 g/mol. The maximum Gasteiger partial charge on any atom is 0.313 e. The van der Waals surface area contributed by atoms with Gasteiger partial charge in [0, 0.05) is 26.2 Å². The van der Waals surface area contributed by atoms with Gasteiger partial charge in [-0.25, -0.2) is 9.97 Å². The second-order valence-corrected chi connectivity index (χ2v) is 5.07. The van der Waals surface area contributed by atoms with Gasteiger partial charge in [0.15, 0.2) is 11.0 Å². The topological polar surface area (TPSA) is 85.8 Å². The van der Waals surface area contributed by atoms with Crippen molar-refractivity contribution in [1.82, 2.24) is 24.3 Å². The van der Waals surface area contributed by atoms with Gasteiger partial charge in [-0.1, -0.05) is 11.8 Å². The molecule has 0 aromatic carbocycles. The van der Waals surface area contributed by atoms with Crippen molar-refractivity contribution in [1.29, 1.82) is 0 Å². The SMILES string of the molecule is Cc1cn(CCc2ncn(C)n2)c(SCC(=O)O)n1. The number of aromatic nitrogens is 5. The van der Waals surface area contributed by atoms with Gasteiger partial charge in [0.1, 0.15) is 6.33 Å². The van der Waals surface area contributed by atoms with E-state index in [9.17, 15) is 4.79 Å². The third kappa shape index (κ3) is 3.82. The zero-order chi connectivity index (χ0) is 13.8. The molecule has 0 bridgehead atoms. The Morgan fingerprint density at radius 2 is 2.32 bits per heavy atom. The first kappa shape index (κ1) is 13.6. The van der Waals surface area contributed by atoms with Crippen LogP contribution in [0.5, 0.6) is 0 Å². The third-order valence-corrected chi connectivity index (χ3v) is 3.38. The predicted molar refractivity (Wildman–Crippen MR) is 70.0 cm³/mol. The largest absolute Gasteiger partial charge is 0.481 e. The highest BCUT2D eigenvalue weighted by Gasteiger charge is 2.09. The van der Waals surface area contributed by atoms with Crippen molar-refractivity contribution in [3.63, 3.8) is 0 Å². The summed E-state index contributed by atoms with van der Waals surface area (Å²) in [6.07, 6.45) is 4.26. The first-order valence-electron chi connectivity index (χ1n) is 5.77. The molecule has 2 aromatic rings. The average molecular weight is 281 g/mol. The number of carbonyl (C=O) groups is 1. The summed E-state index contributed by atoms with van der Waals surface area (Å²) < 4.78 is 3.61. The molecule has 1 N–H and O–H groups in total. The molecule has 0 aliphatic carbocycles. The Balaban J connectivity index is 2.00.